The maximum atomic E-state index is 13.4. The third-order valence-electron chi connectivity index (χ3n) is 2.71. The van der Waals surface area contributed by atoms with E-state index in [2.05, 4.69) is 10.3 Å². The summed E-state index contributed by atoms with van der Waals surface area (Å²) in [5.74, 6) is -0.925. The van der Waals surface area contributed by atoms with Crippen molar-refractivity contribution in [2.75, 3.05) is 6.54 Å². The van der Waals surface area contributed by atoms with E-state index in [1.165, 1.54) is 36.5 Å². The Hall–Kier alpha value is -1.98. The number of carbonyl (C=O) groups is 1. The highest BCUT2D eigenvalue weighted by molar-refractivity contribution is 6.29. The van der Waals surface area contributed by atoms with Crippen LogP contribution in [0.25, 0.3) is 0 Å². The van der Waals surface area contributed by atoms with E-state index in [9.17, 15) is 14.3 Å². The Kier molecular flexibility index (Phi) is 4.65. The first-order chi connectivity index (χ1) is 9.58. The van der Waals surface area contributed by atoms with Gasteiger partial charge in [-0.25, -0.2) is 9.37 Å². The van der Waals surface area contributed by atoms with Gasteiger partial charge in [0.25, 0.3) is 5.91 Å². The molecule has 1 aromatic heterocycles. The Morgan fingerprint density at radius 1 is 1.40 bits per heavy atom. The van der Waals surface area contributed by atoms with Crippen LogP contribution in [0.1, 0.15) is 22.0 Å². The van der Waals surface area contributed by atoms with Gasteiger partial charge in [-0.3, -0.25) is 4.79 Å². The number of aromatic nitrogens is 1. The van der Waals surface area contributed by atoms with Gasteiger partial charge in [0.1, 0.15) is 11.0 Å². The predicted octanol–water partition coefficient (Wildman–Crippen LogP) is 2.34. The van der Waals surface area contributed by atoms with E-state index in [0.29, 0.717) is 5.56 Å². The molecule has 0 fully saturated rings. The number of hydrogen-bond donors (Lipinski definition) is 2. The number of amides is 1. The normalized spacial score (nSPS) is 11.9. The molecule has 20 heavy (non-hydrogen) atoms. The van der Waals surface area contributed by atoms with Crippen molar-refractivity contribution >= 4 is 17.5 Å². The number of aliphatic hydroxyl groups is 1. The van der Waals surface area contributed by atoms with E-state index < -0.39 is 17.8 Å². The molecule has 0 radical (unpaired) electrons. The van der Waals surface area contributed by atoms with Crippen LogP contribution >= 0.6 is 11.6 Å². The number of hydrogen-bond acceptors (Lipinski definition) is 3. The summed E-state index contributed by atoms with van der Waals surface area (Å²) in [6.45, 7) is -0.0975. The van der Waals surface area contributed by atoms with Crippen molar-refractivity contribution < 1.29 is 14.3 Å². The zero-order valence-corrected chi connectivity index (χ0v) is 11.1. The minimum atomic E-state index is -1.11. The largest absolute Gasteiger partial charge is 0.386 e. The number of halogens is 2. The SMILES string of the molecule is O=C(NC[C@H](O)c1ccccc1F)c1ccnc(Cl)c1. The summed E-state index contributed by atoms with van der Waals surface area (Å²) in [5, 5.41) is 12.6. The second-order valence-electron chi connectivity index (χ2n) is 4.11. The summed E-state index contributed by atoms with van der Waals surface area (Å²) in [6.07, 6.45) is 0.294. The number of nitrogens with zero attached hydrogens (tertiary/aromatic N) is 1. The molecule has 1 atom stereocenters. The lowest BCUT2D eigenvalue weighted by molar-refractivity contribution is 0.0914. The monoisotopic (exact) mass is 294 g/mol. The molecule has 2 N–H and O–H groups in total. The molecule has 0 aliphatic rings. The first-order valence-corrected chi connectivity index (χ1v) is 6.28. The lowest BCUT2D eigenvalue weighted by Gasteiger charge is -2.13. The van der Waals surface area contributed by atoms with Gasteiger partial charge in [-0.1, -0.05) is 29.8 Å². The molecule has 0 saturated carbocycles. The van der Waals surface area contributed by atoms with Crippen molar-refractivity contribution in [1.29, 1.82) is 0 Å². The van der Waals surface area contributed by atoms with Gasteiger partial charge in [0, 0.05) is 23.9 Å². The van der Waals surface area contributed by atoms with E-state index in [4.69, 9.17) is 11.6 Å². The third kappa shape index (κ3) is 3.53. The molecule has 1 aromatic carbocycles. The number of aliphatic hydroxyl groups excluding tert-OH is 1. The highest BCUT2D eigenvalue weighted by Crippen LogP contribution is 2.16. The summed E-state index contributed by atoms with van der Waals surface area (Å²) in [4.78, 5) is 15.6. The van der Waals surface area contributed by atoms with Crippen molar-refractivity contribution in [2.24, 2.45) is 0 Å². The van der Waals surface area contributed by atoms with Crippen molar-refractivity contribution in [2.45, 2.75) is 6.10 Å². The fraction of sp³-hybridized carbons (Fsp3) is 0.143. The van der Waals surface area contributed by atoms with Gasteiger partial charge in [0.2, 0.25) is 0 Å². The van der Waals surface area contributed by atoms with Gasteiger partial charge >= 0.3 is 0 Å². The Morgan fingerprint density at radius 3 is 2.85 bits per heavy atom. The average molecular weight is 295 g/mol. The Bertz CT molecular complexity index is 622. The Balaban J connectivity index is 1.99. The van der Waals surface area contributed by atoms with Crippen molar-refractivity contribution in [1.82, 2.24) is 10.3 Å². The number of pyridine rings is 1. The van der Waals surface area contributed by atoms with Gasteiger partial charge in [0.05, 0.1) is 6.10 Å². The van der Waals surface area contributed by atoms with Crippen LogP contribution in [0.2, 0.25) is 5.15 Å². The van der Waals surface area contributed by atoms with Gasteiger partial charge in [0.15, 0.2) is 0 Å². The predicted molar refractivity (Wildman–Crippen MR) is 72.9 cm³/mol. The zero-order valence-electron chi connectivity index (χ0n) is 10.4. The summed E-state index contributed by atoms with van der Waals surface area (Å²) in [5.41, 5.74) is 0.464. The van der Waals surface area contributed by atoms with Crippen molar-refractivity contribution in [3.05, 3.63) is 64.7 Å². The molecule has 0 unspecified atom stereocenters. The molecule has 2 aromatic rings. The average Bonchev–Trinajstić information content (AvgIpc) is 2.45. The first-order valence-electron chi connectivity index (χ1n) is 5.90. The van der Waals surface area contributed by atoms with Crippen LogP contribution in [0.15, 0.2) is 42.6 Å². The second-order valence-corrected chi connectivity index (χ2v) is 4.50. The number of nitrogens with one attached hydrogen (secondary N) is 1. The molecule has 2 rings (SSSR count). The molecule has 104 valence electrons. The molecule has 0 bridgehead atoms. The van der Waals surface area contributed by atoms with Crippen LogP contribution in [0.5, 0.6) is 0 Å². The Labute approximate surface area is 120 Å². The van der Waals surface area contributed by atoms with Gasteiger partial charge in [-0.15, -0.1) is 0 Å². The number of rotatable bonds is 4. The quantitative estimate of drug-likeness (QED) is 0.851. The standard InChI is InChI=1S/C14H12ClFN2O2/c15-13-7-9(5-6-17-13)14(20)18-8-12(19)10-3-1-2-4-11(10)16/h1-7,12,19H,8H2,(H,18,20)/t12-/m0/s1. The van der Waals surface area contributed by atoms with Gasteiger partial charge < -0.3 is 10.4 Å². The first kappa shape index (κ1) is 14.4. The fourth-order valence-electron chi connectivity index (χ4n) is 1.69. The van der Waals surface area contributed by atoms with E-state index in [1.807, 2.05) is 0 Å². The molecule has 0 saturated heterocycles. The molecule has 0 aliphatic carbocycles. The van der Waals surface area contributed by atoms with Crippen LogP contribution in [0.3, 0.4) is 0 Å². The lowest BCUT2D eigenvalue weighted by Crippen LogP contribution is -2.28. The fourth-order valence-corrected chi connectivity index (χ4v) is 1.86. The van der Waals surface area contributed by atoms with Crippen molar-refractivity contribution in [3.8, 4) is 0 Å². The van der Waals surface area contributed by atoms with E-state index in [-0.39, 0.29) is 17.3 Å². The maximum absolute atomic E-state index is 13.4. The topological polar surface area (TPSA) is 62.2 Å². The summed E-state index contributed by atoms with van der Waals surface area (Å²) < 4.78 is 13.4. The van der Waals surface area contributed by atoms with Crippen LogP contribution in [0, 0.1) is 5.82 Å². The highest BCUT2D eigenvalue weighted by atomic mass is 35.5. The van der Waals surface area contributed by atoms with Crippen LogP contribution in [0.4, 0.5) is 4.39 Å². The molecular weight excluding hydrogens is 283 g/mol. The van der Waals surface area contributed by atoms with Crippen LogP contribution in [-0.4, -0.2) is 22.5 Å². The maximum Gasteiger partial charge on any atom is 0.251 e. The smallest absolute Gasteiger partial charge is 0.251 e. The molecule has 1 heterocycles. The Morgan fingerprint density at radius 2 is 2.15 bits per heavy atom. The third-order valence-corrected chi connectivity index (χ3v) is 2.92. The van der Waals surface area contributed by atoms with Gasteiger partial charge in [-0.2, -0.15) is 0 Å². The molecule has 4 nitrogen and oxygen atoms in total. The van der Waals surface area contributed by atoms with E-state index in [1.54, 1.807) is 6.07 Å². The van der Waals surface area contributed by atoms with Crippen LogP contribution < -0.4 is 5.32 Å². The minimum Gasteiger partial charge on any atom is -0.386 e. The van der Waals surface area contributed by atoms with E-state index in [0.717, 1.165) is 0 Å². The summed E-state index contributed by atoms with van der Waals surface area (Å²) >= 11 is 5.68. The number of benzene rings is 1. The lowest BCUT2D eigenvalue weighted by atomic mass is 10.1. The summed E-state index contributed by atoms with van der Waals surface area (Å²) in [6, 6.07) is 8.77. The minimum absolute atomic E-state index is 0.0975. The molecule has 0 spiro atoms. The molecular formula is C14H12ClFN2O2. The molecule has 6 heteroatoms. The highest BCUT2D eigenvalue weighted by Gasteiger charge is 2.14. The number of carbonyl (C=O) groups excluding carboxylic acids is 1. The van der Waals surface area contributed by atoms with Crippen LogP contribution in [-0.2, 0) is 0 Å². The summed E-state index contributed by atoms with van der Waals surface area (Å²) in [7, 11) is 0. The van der Waals surface area contributed by atoms with E-state index >= 15 is 0 Å². The zero-order chi connectivity index (χ0) is 14.5. The molecule has 1 amide bonds. The second kappa shape index (κ2) is 6.45. The van der Waals surface area contributed by atoms with Crippen molar-refractivity contribution in [3.63, 3.8) is 0 Å². The molecule has 0 aliphatic heterocycles. The van der Waals surface area contributed by atoms with Gasteiger partial charge in [-0.05, 0) is 18.2 Å².